The number of imidazole rings is 1. The molecule has 0 unspecified atom stereocenters. The second-order valence-electron chi connectivity index (χ2n) is 3.89. The molecule has 1 aromatic carbocycles. The molecular formula is C13H13IN2O. The lowest BCUT2D eigenvalue weighted by Crippen LogP contribution is -2.04. The first-order valence-electron chi connectivity index (χ1n) is 5.42. The fourth-order valence-corrected chi connectivity index (χ4v) is 2.21. The molecule has 0 spiro atoms. The second-order valence-corrected chi connectivity index (χ2v) is 5.13. The largest absolute Gasteiger partial charge is 0.338 e. The van der Waals surface area contributed by atoms with Crippen LogP contribution in [0.1, 0.15) is 22.6 Å². The molecule has 0 bridgehead atoms. The number of hydrogen-bond acceptors (Lipinski definition) is 2. The van der Waals surface area contributed by atoms with Gasteiger partial charge in [-0.3, -0.25) is 4.79 Å². The number of ketones is 1. The van der Waals surface area contributed by atoms with E-state index in [0.29, 0.717) is 12.8 Å². The van der Waals surface area contributed by atoms with Crippen molar-refractivity contribution in [1.82, 2.24) is 9.55 Å². The highest BCUT2D eigenvalue weighted by atomic mass is 127. The van der Waals surface area contributed by atoms with Crippen LogP contribution < -0.4 is 0 Å². The zero-order valence-electron chi connectivity index (χ0n) is 9.56. The molecule has 0 fully saturated rings. The summed E-state index contributed by atoms with van der Waals surface area (Å²) in [5, 5.41) is 0. The molecule has 0 radical (unpaired) electrons. The quantitative estimate of drug-likeness (QED) is 0.634. The van der Waals surface area contributed by atoms with Crippen molar-refractivity contribution in [3.05, 3.63) is 51.6 Å². The van der Waals surface area contributed by atoms with Gasteiger partial charge in [0.15, 0.2) is 5.78 Å². The predicted octanol–water partition coefficient (Wildman–Crippen LogP) is 2.84. The number of halogens is 1. The topological polar surface area (TPSA) is 34.9 Å². The smallest absolute Gasteiger partial charge is 0.163 e. The van der Waals surface area contributed by atoms with Gasteiger partial charge in [0, 0.05) is 41.4 Å². The maximum Gasteiger partial charge on any atom is 0.163 e. The highest BCUT2D eigenvalue weighted by Crippen LogP contribution is 2.11. The minimum atomic E-state index is 0.173. The van der Waals surface area contributed by atoms with Crippen molar-refractivity contribution in [3.8, 4) is 0 Å². The van der Waals surface area contributed by atoms with Gasteiger partial charge in [-0.25, -0.2) is 4.98 Å². The Bertz CT molecular complexity index is 534. The Hall–Kier alpha value is -1.17. The third-order valence-corrected chi connectivity index (χ3v) is 3.31. The molecular weight excluding hydrogens is 327 g/mol. The van der Waals surface area contributed by atoms with Crippen LogP contribution in [0, 0.1) is 3.57 Å². The molecule has 0 aliphatic heterocycles. The molecule has 0 saturated carbocycles. The molecule has 2 aromatic rings. The van der Waals surface area contributed by atoms with Crippen LogP contribution in [0.5, 0.6) is 0 Å². The number of carbonyl (C=O) groups excluding carboxylic acids is 1. The number of Topliss-reactive ketones (excluding diaryl/α,β-unsaturated/α-hetero) is 1. The minimum Gasteiger partial charge on any atom is -0.338 e. The van der Waals surface area contributed by atoms with Gasteiger partial charge in [-0.15, -0.1) is 0 Å². The molecule has 88 valence electrons. The molecule has 0 N–H and O–H groups in total. The zero-order valence-corrected chi connectivity index (χ0v) is 11.7. The Kier molecular flexibility index (Phi) is 3.93. The van der Waals surface area contributed by atoms with E-state index in [2.05, 4.69) is 27.6 Å². The molecule has 17 heavy (non-hydrogen) atoms. The van der Waals surface area contributed by atoms with Crippen LogP contribution in [-0.2, 0) is 13.5 Å². The van der Waals surface area contributed by atoms with Crippen molar-refractivity contribution in [2.45, 2.75) is 12.8 Å². The maximum absolute atomic E-state index is 12.0. The SMILES string of the molecule is Cn1ccnc1CCC(=O)c1cccc(I)c1. The van der Waals surface area contributed by atoms with Gasteiger partial charge in [0.05, 0.1) is 0 Å². The lowest BCUT2D eigenvalue weighted by atomic mass is 10.1. The molecule has 0 amide bonds. The summed E-state index contributed by atoms with van der Waals surface area (Å²) in [6, 6.07) is 7.68. The van der Waals surface area contributed by atoms with Crippen LogP contribution in [-0.4, -0.2) is 15.3 Å². The van der Waals surface area contributed by atoms with Gasteiger partial charge in [0.25, 0.3) is 0 Å². The lowest BCUT2D eigenvalue weighted by molar-refractivity contribution is 0.0982. The summed E-state index contributed by atoms with van der Waals surface area (Å²) in [6.45, 7) is 0. The molecule has 3 nitrogen and oxygen atoms in total. The number of hydrogen-bond donors (Lipinski definition) is 0. The van der Waals surface area contributed by atoms with Crippen molar-refractivity contribution < 1.29 is 4.79 Å². The van der Waals surface area contributed by atoms with Crippen LogP contribution in [0.3, 0.4) is 0 Å². The number of benzene rings is 1. The van der Waals surface area contributed by atoms with E-state index in [9.17, 15) is 4.79 Å². The maximum atomic E-state index is 12.0. The number of aromatic nitrogens is 2. The Morgan fingerprint density at radius 2 is 2.29 bits per heavy atom. The number of rotatable bonds is 4. The predicted molar refractivity (Wildman–Crippen MR) is 75.0 cm³/mol. The van der Waals surface area contributed by atoms with E-state index in [0.717, 1.165) is 15.0 Å². The second kappa shape index (κ2) is 5.44. The van der Waals surface area contributed by atoms with Crippen LogP contribution >= 0.6 is 22.6 Å². The molecule has 1 heterocycles. The average molecular weight is 340 g/mol. The summed E-state index contributed by atoms with van der Waals surface area (Å²) in [7, 11) is 1.94. The van der Waals surface area contributed by atoms with Gasteiger partial charge in [0.1, 0.15) is 5.82 Å². The average Bonchev–Trinajstić information content (AvgIpc) is 2.72. The first-order chi connectivity index (χ1) is 8.16. The monoisotopic (exact) mass is 340 g/mol. The normalized spacial score (nSPS) is 10.5. The van der Waals surface area contributed by atoms with Gasteiger partial charge >= 0.3 is 0 Å². The van der Waals surface area contributed by atoms with Crippen molar-refractivity contribution >= 4 is 28.4 Å². The molecule has 0 aliphatic rings. The Labute approximate surface area is 114 Å². The molecule has 1 aromatic heterocycles. The van der Waals surface area contributed by atoms with Crippen molar-refractivity contribution in [2.75, 3.05) is 0 Å². The standard InChI is InChI=1S/C13H13IN2O/c1-16-8-7-15-13(16)6-5-12(17)10-3-2-4-11(14)9-10/h2-4,7-9H,5-6H2,1H3. The number of carbonyl (C=O) groups is 1. The summed E-state index contributed by atoms with van der Waals surface area (Å²) in [4.78, 5) is 16.2. The van der Waals surface area contributed by atoms with E-state index in [4.69, 9.17) is 0 Å². The van der Waals surface area contributed by atoms with Crippen molar-refractivity contribution in [1.29, 1.82) is 0 Å². The van der Waals surface area contributed by atoms with Gasteiger partial charge < -0.3 is 4.57 Å². The summed E-state index contributed by atoms with van der Waals surface area (Å²) in [5.74, 6) is 1.12. The fourth-order valence-electron chi connectivity index (χ4n) is 1.67. The van der Waals surface area contributed by atoms with E-state index in [-0.39, 0.29) is 5.78 Å². The van der Waals surface area contributed by atoms with Crippen molar-refractivity contribution in [3.63, 3.8) is 0 Å². The van der Waals surface area contributed by atoms with Crippen LogP contribution in [0.25, 0.3) is 0 Å². The molecule has 0 aliphatic carbocycles. The molecule has 0 saturated heterocycles. The first-order valence-corrected chi connectivity index (χ1v) is 6.49. The van der Waals surface area contributed by atoms with Crippen LogP contribution in [0.2, 0.25) is 0 Å². The van der Waals surface area contributed by atoms with Crippen molar-refractivity contribution in [2.24, 2.45) is 7.05 Å². The van der Waals surface area contributed by atoms with E-state index in [1.54, 1.807) is 6.20 Å². The Morgan fingerprint density at radius 1 is 1.47 bits per heavy atom. The first kappa shape index (κ1) is 12.3. The summed E-state index contributed by atoms with van der Waals surface area (Å²) in [5.41, 5.74) is 0.783. The van der Waals surface area contributed by atoms with Crippen LogP contribution in [0.15, 0.2) is 36.7 Å². The Morgan fingerprint density at radius 3 is 2.94 bits per heavy atom. The van der Waals surface area contributed by atoms with E-state index in [1.165, 1.54) is 0 Å². The van der Waals surface area contributed by atoms with Gasteiger partial charge in [0.2, 0.25) is 0 Å². The molecule has 2 rings (SSSR count). The number of nitrogens with zero attached hydrogens (tertiary/aromatic N) is 2. The van der Waals surface area contributed by atoms with Gasteiger partial charge in [-0.05, 0) is 34.7 Å². The van der Waals surface area contributed by atoms with E-state index >= 15 is 0 Å². The van der Waals surface area contributed by atoms with E-state index in [1.807, 2.05) is 42.1 Å². The third-order valence-electron chi connectivity index (χ3n) is 2.64. The van der Waals surface area contributed by atoms with Crippen LogP contribution in [0.4, 0.5) is 0 Å². The lowest BCUT2D eigenvalue weighted by Gasteiger charge is -2.02. The summed E-state index contributed by atoms with van der Waals surface area (Å²) < 4.78 is 3.03. The molecule has 4 heteroatoms. The van der Waals surface area contributed by atoms with Gasteiger partial charge in [-0.1, -0.05) is 12.1 Å². The zero-order chi connectivity index (χ0) is 12.3. The fraction of sp³-hybridized carbons (Fsp3) is 0.231. The summed E-state index contributed by atoms with van der Waals surface area (Å²) >= 11 is 2.21. The third kappa shape index (κ3) is 3.15. The van der Waals surface area contributed by atoms with Gasteiger partial charge in [-0.2, -0.15) is 0 Å². The summed E-state index contributed by atoms with van der Waals surface area (Å²) in [6.07, 6.45) is 4.84. The van der Waals surface area contributed by atoms with E-state index < -0.39 is 0 Å². The number of aryl methyl sites for hydroxylation is 2. The minimum absolute atomic E-state index is 0.173. The Balaban J connectivity index is 2.01. The highest BCUT2D eigenvalue weighted by molar-refractivity contribution is 14.1. The highest BCUT2D eigenvalue weighted by Gasteiger charge is 2.08. The molecule has 0 atom stereocenters.